The fraction of sp³-hybridized carbons (Fsp3) is 0.250. The molecule has 128 valence electrons. The van der Waals surface area contributed by atoms with E-state index in [0.717, 1.165) is 15.8 Å². The van der Waals surface area contributed by atoms with Gasteiger partial charge in [0, 0.05) is 10.7 Å². The van der Waals surface area contributed by atoms with Crippen molar-refractivity contribution < 1.29 is 19.1 Å². The highest BCUT2D eigenvalue weighted by atomic mass is 79.9. The third-order valence-electron chi connectivity index (χ3n) is 3.20. The van der Waals surface area contributed by atoms with E-state index in [2.05, 4.69) is 31.8 Å². The molecule has 0 spiro atoms. The zero-order valence-corrected chi connectivity index (χ0v) is 14.8. The van der Waals surface area contributed by atoms with Crippen LogP contribution >= 0.6 is 15.9 Å². The number of aromatic nitrogens is 1. The van der Waals surface area contributed by atoms with Crippen molar-refractivity contribution in [2.75, 3.05) is 7.11 Å². The smallest absolute Gasteiger partial charge is 0.286 e. The first kappa shape index (κ1) is 18.0. The van der Waals surface area contributed by atoms with E-state index < -0.39 is 17.9 Å². The zero-order chi connectivity index (χ0) is 17.5. The number of aromatic amines is 1. The summed E-state index contributed by atoms with van der Waals surface area (Å²) in [5.74, 6) is -0.177. The van der Waals surface area contributed by atoms with Crippen molar-refractivity contribution in [2.45, 2.75) is 19.6 Å². The minimum Gasteiger partial charge on any atom is -0.497 e. The summed E-state index contributed by atoms with van der Waals surface area (Å²) in [6, 6.07) is 8.98. The number of H-pyrrole nitrogens is 1. The maximum Gasteiger partial charge on any atom is 0.286 e. The van der Waals surface area contributed by atoms with Gasteiger partial charge in [-0.25, -0.2) is 0 Å². The van der Waals surface area contributed by atoms with Crippen LogP contribution in [0.5, 0.6) is 5.75 Å². The lowest BCUT2D eigenvalue weighted by Crippen LogP contribution is -2.46. The minimum atomic E-state index is -0.730. The lowest BCUT2D eigenvalue weighted by molar-refractivity contribution is -0.133. The van der Waals surface area contributed by atoms with Crippen molar-refractivity contribution in [3.8, 4) is 5.75 Å². The van der Waals surface area contributed by atoms with Crippen LogP contribution in [0, 0.1) is 0 Å². The predicted molar refractivity (Wildman–Crippen MR) is 91.3 cm³/mol. The molecule has 0 saturated heterocycles. The third kappa shape index (κ3) is 5.10. The monoisotopic (exact) mass is 395 g/mol. The molecule has 8 heteroatoms. The Labute approximate surface area is 147 Å². The van der Waals surface area contributed by atoms with Crippen molar-refractivity contribution in [1.29, 1.82) is 0 Å². The molecule has 0 bridgehead atoms. The van der Waals surface area contributed by atoms with Gasteiger partial charge in [-0.1, -0.05) is 12.1 Å². The molecule has 1 atom stereocenters. The summed E-state index contributed by atoms with van der Waals surface area (Å²) in [6.07, 6.45) is 0.892. The quantitative estimate of drug-likeness (QED) is 0.653. The fourth-order valence-electron chi connectivity index (χ4n) is 1.85. The number of nitrogens with one attached hydrogen (secondary N) is 3. The topological polar surface area (TPSA) is 92.4 Å². The van der Waals surface area contributed by atoms with Gasteiger partial charge in [0.25, 0.3) is 11.8 Å². The number of hydrogen-bond donors (Lipinski definition) is 3. The van der Waals surface area contributed by atoms with Crippen LogP contribution in [0.25, 0.3) is 0 Å². The molecule has 2 amide bonds. The first-order chi connectivity index (χ1) is 11.5. The normalized spacial score (nSPS) is 11.6. The SMILES string of the molecule is COc1cccc(COC(C)C(=O)NNC(=O)c2cc(Br)c[nH]2)c1. The second-order valence-corrected chi connectivity index (χ2v) is 5.90. The van der Waals surface area contributed by atoms with Crippen molar-refractivity contribution in [1.82, 2.24) is 15.8 Å². The number of hydrazine groups is 1. The minimum absolute atomic E-state index is 0.253. The van der Waals surface area contributed by atoms with Crippen molar-refractivity contribution in [3.63, 3.8) is 0 Å². The Kier molecular flexibility index (Phi) is 6.39. The van der Waals surface area contributed by atoms with E-state index in [-0.39, 0.29) is 6.61 Å². The first-order valence-corrected chi connectivity index (χ1v) is 7.97. The molecule has 0 radical (unpaired) electrons. The van der Waals surface area contributed by atoms with Gasteiger partial charge in [0.1, 0.15) is 17.5 Å². The number of carbonyl (C=O) groups is 2. The zero-order valence-electron chi connectivity index (χ0n) is 13.3. The molecule has 3 N–H and O–H groups in total. The summed E-state index contributed by atoms with van der Waals surface area (Å²) in [5.41, 5.74) is 5.85. The Bertz CT molecular complexity index is 717. The molecule has 24 heavy (non-hydrogen) atoms. The predicted octanol–water partition coefficient (Wildman–Crippen LogP) is 2.15. The molecule has 2 rings (SSSR count). The lowest BCUT2D eigenvalue weighted by atomic mass is 10.2. The second kappa shape index (κ2) is 8.51. The second-order valence-electron chi connectivity index (χ2n) is 4.98. The van der Waals surface area contributed by atoms with Crippen molar-refractivity contribution in [3.05, 3.63) is 52.3 Å². The largest absolute Gasteiger partial charge is 0.497 e. The standard InChI is InChI=1S/C16H18BrN3O4/c1-10(24-9-11-4-3-5-13(6-11)23-2)15(21)19-20-16(22)14-7-12(17)8-18-14/h3-8,10,18H,9H2,1-2H3,(H,19,21)(H,20,22). The number of rotatable bonds is 6. The Hall–Kier alpha value is -2.32. The Morgan fingerprint density at radius 1 is 1.29 bits per heavy atom. The highest BCUT2D eigenvalue weighted by molar-refractivity contribution is 9.10. The van der Waals surface area contributed by atoms with Crippen LogP contribution in [-0.4, -0.2) is 30.0 Å². The van der Waals surface area contributed by atoms with E-state index in [1.807, 2.05) is 24.3 Å². The third-order valence-corrected chi connectivity index (χ3v) is 3.65. The van der Waals surface area contributed by atoms with E-state index in [0.29, 0.717) is 5.69 Å². The number of halogens is 1. The fourth-order valence-corrected chi connectivity index (χ4v) is 2.19. The summed E-state index contributed by atoms with van der Waals surface area (Å²) >= 11 is 3.23. The molecular formula is C16H18BrN3O4. The average molecular weight is 396 g/mol. The Morgan fingerprint density at radius 3 is 2.75 bits per heavy atom. The lowest BCUT2D eigenvalue weighted by Gasteiger charge is -2.14. The molecule has 0 saturated carbocycles. The molecule has 1 unspecified atom stereocenters. The molecule has 0 aliphatic heterocycles. The van der Waals surface area contributed by atoms with E-state index in [1.54, 1.807) is 26.3 Å². The summed E-state index contributed by atoms with van der Waals surface area (Å²) in [6.45, 7) is 1.86. The van der Waals surface area contributed by atoms with Gasteiger partial charge < -0.3 is 14.5 Å². The first-order valence-electron chi connectivity index (χ1n) is 7.18. The van der Waals surface area contributed by atoms with E-state index in [4.69, 9.17) is 9.47 Å². The van der Waals surface area contributed by atoms with Crippen LogP contribution in [-0.2, 0) is 16.1 Å². The van der Waals surface area contributed by atoms with Gasteiger partial charge in [-0.15, -0.1) is 0 Å². The summed E-state index contributed by atoms with van der Waals surface area (Å²) in [5, 5.41) is 0. The number of ether oxygens (including phenoxy) is 2. The maximum atomic E-state index is 11.9. The van der Waals surface area contributed by atoms with Gasteiger partial charge in [-0.3, -0.25) is 20.4 Å². The number of carbonyl (C=O) groups excluding carboxylic acids is 2. The van der Waals surface area contributed by atoms with Crippen LogP contribution in [0.2, 0.25) is 0 Å². The van der Waals surface area contributed by atoms with Gasteiger partial charge >= 0.3 is 0 Å². The number of hydrogen-bond acceptors (Lipinski definition) is 4. The molecule has 0 aliphatic carbocycles. The van der Waals surface area contributed by atoms with Gasteiger partial charge in [0.2, 0.25) is 0 Å². The summed E-state index contributed by atoms with van der Waals surface area (Å²) in [7, 11) is 1.58. The molecule has 0 fully saturated rings. The molecule has 2 aromatic rings. The average Bonchev–Trinajstić information content (AvgIpc) is 3.03. The molecular weight excluding hydrogens is 378 g/mol. The Balaban J connectivity index is 1.78. The highest BCUT2D eigenvalue weighted by Gasteiger charge is 2.15. The van der Waals surface area contributed by atoms with Crippen LogP contribution < -0.4 is 15.6 Å². The molecule has 1 heterocycles. The van der Waals surface area contributed by atoms with Gasteiger partial charge in [-0.2, -0.15) is 0 Å². The van der Waals surface area contributed by atoms with E-state index >= 15 is 0 Å². The number of benzene rings is 1. The van der Waals surface area contributed by atoms with Crippen LogP contribution in [0.3, 0.4) is 0 Å². The number of methoxy groups -OCH3 is 1. The van der Waals surface area contributed by atoms with Crippen LogP contribution in [0.15, 0.2) is 41.0 Å². The highest BCUT2D eigenvalue weighted by Crippen LogP contribution is 2.14. The van der Waals surface area contributed by atoms with Crippen molar-refractivity contribution in [2.24, 2.45) is 0 Å². The Morgan fingerprint density at radius 2 is 2.08 bits per heavy atom. The maximum absolute atomic E-state index is 11.9. The summed E-state index contributed by atoms with van der Waals surface area (Å²) in [4.78, 5) is 26.5. The van der Waals surface area contributed by atoms with Gasteiger partial charge in [0.05, 0.1) is 13.7 Å². The molecule has 7 nitrogen and oxygen atoms in total. The molecule has 0 aliphatic rings. The van der Waals surface area contributed by atoms with Gasteiger partial charge in [-0.05, 0) is 46.6 Å². The van der Waals surface area contributed by atoms with Crippen LogP contribution in [0.4, 0.5) is 0 Å². The van der Waals surface area contributed by atoms with E-state index in [9.17, 15) is 9.59 Å². The summed E-state index contributed by atoms with van der Waals surface area (Å²) < 4.78 is 11.4. The molecule has 1 aromatic carbocycles. The van der Waals surface area contributed by atoms with Crippen LogP contribution in [0.1, 0.15) is 23.0 Å². The molecule has 1 aromatic heterocycles. The van der Waals surface area contributed by atoms with E-state index in [1.165, 1.54) is 0 Å². The number of amides is 2. The van der Waals surface area contributed by atoms with Crippen molar-refractivity contribution >= 4 is 27.7 Å². The van der Waals surface area contributed by atoms with Gasteiger partial charge in [0.15, 0.2) is 0 Å².